The van der Waals surface area contributed by atoms with Gasteiger partial charge in [0, 0.05) is 18.0 Å². The van der Waals surface area contributed by atoms with Gasteiger partial charge in [0.15, 0.2) is 0 Å². The number of hydrogen-bond donors (Lipinski definition) is 1. The zero-order chi connectivity index (χ0) is 19.4. The van der Waals surface area contributed by atoms with Crippen molar-refractivity contribution < 1.29 is 9.53 Å². The van der Waals surface area contributed by atoms with Crippen LogP contribution in [0.15, 0.2) is 24.3 Å². The molecule has 2 heterocycles. The van der Waals surface area contributed by atoms with Crippen molar-refractivity contribution in [1.82, 2.24) is 15.2 Å². The Morgan fingerprint density at radius 1 is 1.30 bits per heavy atom. The van der Waals surface area contributed by atoms with E-state index >= 15 is 0 Å². The number of para-hydroxylation sites is 1. The molecule has 0 unspecified atom stereocenters. The Morgan fingerprint density at radius 2 is 2.00 bits per heavy atom. The summed E-state index contributed by atoms with van der Waals surface area (Å²) in [5.74, 6) is 1.18. The monoisotopic (exact) mass is 387 g/mol. The molecule has 1 aromatic carbocycles. The molecule has 1 aliphatic heterocycles. The van der Waals surface area contributed by atoms with Crippen molar-refractivity contribution >= 4 is 17.2 Å². The van der Waals surface area contributed by atoms with Gasteiger partial charge in [0.05, 0.1) is 23.9 Å². The largest absolute Gasteiger partial charge is 0.496 e. The first-order valence-corrected chi connectivity index (χ1v) is 10.5. The molecule has 2 aromatic rings. The molecule has 146 valence electrons. The third-order valence-electron chi connectivity index (χ3n) is 5.05. The third-order valence-corrected chi connectivity index (χ3v) is 6.51. The molecular weight excluding hydrogens is 358 g/mol. The Hall–Kier alpha value is -1.92. The fourth-order valence-corrected chi connectivity index (χ4v) is 4.56. The minimum Gasteiger partial charge on any atom is -0.496 e. The molecule has 0 saturated carbocycles. The number of hydrogen-bond acceptors (Lipinski definition) is 5. The molecule has 3 rings (SSSR count). The zero-order valence-corrected chi connectivity index (χ0v) is 17.4. The highest BCUT2D eigenvalue weighted by Crippen LogP contribution is 2.31. The van der Waals surface area contributed by atoms with E-state index in [1.807, 2.05) is 25.1 Å². The fraction of sp³-hybridized carbons (Fsp3) is 0.524. The van der Waals surface area contributed by atoms with Crippen LogP contribution in [-0.4, -0.2) is 42.5 Å². The second-order valence-electron chi connectivity index (χ2n) is 7.33. The number of aryl methyl sites for hydroxylation is 1. The second kappa shape index (κ2) is 8.85. The zero-order valence-electron chi connectivity index (χ0n) is 16.6. The molecule has 0 radical (unpaired) electrons. The van der Waals surface area contributed by atoms with Gasteiger partial charge in [-0.3, -0.25) is 9.69 Å². The molecule has 5 nitrogen and oxygen atoms in total. The molecule has 1 aromatic heterocycles. The van der Waals surface area contributed by atoms with E-state index in [0.29, 0.717) is 12.5 Å². The average Bonchev–Trinajstić information content (AvgIpc) is 3.32. The van der Waals surface area contributed by atoms with E-state index in [1.54, 1.807) is 7.11 Å². The van der Waals surface area contributed by atoms with Crippen LogP contribution in [-0.2, 0) is 0 Å². The van der Waals surface area contributed by atoms with Crippen LogP contribution in [0.1, 0.15) is 64.6 Å². The van der Waals surface area contributed by atoms with Gasteiger partial charge in [0.2, 0.25) is 0 Å². The summed E-state index contributed by atoms with van der Waals surface area (Å²) in [6.45, 7) is 8.78. The van der Waals surface area contributed by atoms with Gasteiger partial charge in [-0.25, -0.2) is 4.98 Å². The van der Waals surface area contributed by atoms with Gasteiger partial charge in [-0.2, -0.15) is 0 Å². The maximum atomic E-state index is 12.8. The van der Waals surface area contributed by atoms with Gasteiger partial charge >= 0.3 is 0 Å². The first kappa shape index (κ1) is 19.8. The Kier molecular flexibility index (Phi) is 6.50. The summed E-state index contributed by atoms with van der Waals surface area (Å²) in [6.07, 6.45) is 2.40. The SMILES string of the molecule is COc1ccccc1[C@@H](CNC(=O)c1sc(C(C)C)nc1C)N1CCCC1. The molecule has 27 heavy (non-hydrogen) atoms. The van der Waals surface area contributed by atoms with Crippen LogP contribution in [0.3, 0.4) is 0 Å². The summed E-state index contributed by atoms with van der Waals surface area (Å²) in [5.41, 5.74) is 1.95. The highest BCUT2D eigenvalue weighted by molar-refractivity contribution is 7.13. The van der Waals surface area contributed by atoms with Crippen molar-refractivity contribution in [3.63, 3.8) is 0 Å². The number of carbonyl (C=O) groups is 1. The number of likely N-dealkylation sites (tertiary alicyclic amines) is 1. The van der Waals surface area contributed by atoms with Crippen LogP contribution in [0.25, 0.3) is 0 Å². The number of ether oxygens (including phenoxy) is 1. The predicted molar refractivity (Wildman–Crippen MR) is 110 cm³/mol. The fourth-order valence-electron chi connectivity index (χ4n) is 3.58. The van der Waals surface area contributed by atoms with E-state index in [1.165, 1.54) is 24.2 Å². The summed E-state index contributed by atoms with van der Waals surface area (Å²) >= 11 is 1.50. The molecule has 1 atom stereocenters. The Balaban J connectivity index is 1.78. The molecule has 1 aliphatic rings. The molecule has 1 fully saturated rings. The lowest BCUT2D eigenvalue weighted by molar-refractivity contribution is 0.0940. The van der Waals surface area contributed by atoms with Gasteiger partial charge in [-0.05, 0) is 38.9 Å². The van der Waals surface area contributed by atoms with Gasteiger partial charge in [-0.15, -0.1) is 11.3 Å². The number of carbonyl (C=O) groups excluding carboxylic acids is 1. The average molecular weight is 388 g/mol. The number of nitrogens with one attached hydrogen (secondary N) is 1. The number of rotatable bonds is 7. The lowest BCUT2D eigenvalue weighted by Gasteiger charge is -2.29. The Morgan fingerprint density at radius 3 is 2.63 bits per heavy atom. The highest BCUT2D eigenvalue weighted by atomic mass is 32.1. The Bertz CT molecular complexity index is 781. The maximum Gasteiger partial charge on any atom is 0.263 e. The summed E-state index contributed by atoms with van der Waals surface area (Å²) in [7, 11) is 1.70. The minimum atomic E-state index is -0.0315. The highest BCUT2D eigenvalue weighted by Gasteiger charge is 2.27. The number of thiazole rings is 1. The van der Waals surface area contributed by atoms with Gasteiger partial charge in [0.25, 0.3) is 5.91 Å². The van der Waals surface area contributed by atoms with Gasteiger partial charge in [0.1, 0.15) is 10.6 Å². The molecule has 0 bridgehead atoms. The van der Waals surface area contributed by atoms with Crippen LogP contribution >= 0.6 is 11.3 Å². The smallest absolute Gasteiger partial charge is 0.263 e. The van der Waals surface area contributed by atoms with Crippen LogP contribution in [0.5, 0.6) is 5.75 Å². The molecule has 6 heteroatoms. The van der Waals surface area contributed by atoms with Gasteiger partial charge in [-0.1, -0.05) is 32.0 Å². The van der Waals surface area contributed by atoms with E-state index in [2.05, 4.69) is 35.1 Å². The molecule has 0 aliphatic carbocycles. The number of nitrogens with zero attached hydrogens (tertiary/aromatic N) is 2. The standard InChI is InChI=1S/C21H29N3O2S/c1-14(2)21-23-15(3)19(27-21)20(25)22-13-17(24-11-7-8-12-24)16-9-5-6-10-18(16)26-4/h5-6,9-10,14,17H,7-8,11-13H2,1-4H3,(H,22,25)/t17-/m1/s1. The van der Waals surface area contributed by atoms with E-state index in [4.69, 9.17) is 4.74 Å². The number of benzene rings is 1. The molecule has 0 spiro atoms. The normalized spacial score (nSPS) is 15.9. The third kappa shape index (κ3) is 4.50. The molecule has 1 saturated heterocycles. The Labute approximate surface area is 165 Å². The number of aromatic nitrogens is 1. The number of amides is 1. The summed E-state index contributed by atoms with van der Waals surface area (Å²) in [6, 6.07) is 8.22. The van der Waals surface area contributed by atoms with Crippen LogP contribution in [0.4, 0.5) is 0 Å². The lowest BCUT2D eigenvalue weighted by Crippen LogP contribution is -2.37. The summed E-state index contributed by atoms with van der Waals surface area (Å²) in [5, 5.41) is 4.17. The van der Waals surface area contributed by atoms with E-state index < -0.39 is 0 Å². The van der Waals surface area contributed by atoms with E-state index in [0.717, 1.165) is 40.0 Å². The molecular formula is C21H29N3O2S. The summed E-state index contributed by atoms with van der Waals surface area (Å²) in [4.78, 5) is 20.5. The second-order valence-corrected chi connectivity index (χ2v) is 8.36. The first-order chi connectivity index (χ1) is 13.0. The lowest BCUT2D eigenvalue weighted by atomic mass is 10.0. The first-order valence-electron chi connectivity index (χ1n) is 9.63. The van der Waals surface area contributed by atoms with Crippen molar-refractivity contribution in [2.24, 2.45) is 0 Å². The van der Waals surface area contributed by atoms with Gasteiger partial charge < -0.3 is 10.1 Å². The van der Waals surface area contributed by atoms with Crippen molar-refractivity contribution in [3.8, 4) is 5.75 Å². The predicted octanol–water partition coefficient (Wildman–Crippen LogP) is 4.15. The summed E-state index contributed by atoms with van der Waals surface area (Å²) < 4.78 is 5.58. The quantitative estimate of drug-likeness (QED) is 0.775. The maximum absolute atomic E-state index is 12.8. The molecule has 1 amide bonds. The van der Waals surface area contributed by atoms with E-state index in [-0.39, 0.29) is 11.9 Å². The van der Waals surface area contributed by atoms with Crippen molar-refractivity contribution in [2.75, 3.05) is 26.7 Å². The van der Waals surface area contributed by atoms with Crippen molar-refractivity contribution in [3.05, 3.63) is 45.4 Å². The van der Waals surface area contributed by atoms with Crippen molar-refractivity contribution in [2.45, 2.75) is 45.6 Å². The minimum absolute atomic E-state index is 0.0315. The van der Waals surface area contributed by atoms with Crippen molar-refractivity contribution in [1.29, 1.82) is 0 Å². The molecule has 1 N–H and O–H groups in total. The van der Waals surface area contributed by atoms with E-state index in [9.17, 15) is 4.79 Å². The number of methoxy groups -OCH3 is 1. The van der Waals surface area contributed by atoms with Crippen LogP contribution in [0, 0.1) is 6.92 Å². The van der Waals surface area contributed by atoms with Crippen LogP contribution < -0.4 is 10.1 Å². The van der Waals surface area contributed by atoms with Crippen LogP contribution in [0.2, 0.25) is 0 Å². The topological polar surface area (TPSA) is 54.5 Å².